The normalized spacial score (nSPS) is 14.2. The SMILES string of the molecule is O=C1C=CC(=O)[N+](CC(=O)Nc2ccc(O)cc2)=N1. The van der Waals surface area contributed by atoms with Crippen molar-refractivity contribution in [1.29, 1.82) is 0 Å². The van der Waals surface area contributed by atoms with E-state index in [1.807, 2.05) is 0 Å². The predicted octanol–water partition coefficient (Wildman–Crippen LogP) is 0.418. The zero-order chi connectivity index (χ0) is 13.8. The van der Waals surface area contributed by atoms with Gasteiger partial charge in [-0.15, -0.1) is 0 Å². The van der Waals surface area contributed by atoms with E-state index in [1.54, 1.807) is 0 Å². The molecule has 96 valence electrons. The molecule has 0 aromatic heterocycles. The van der Waals surface area contributed by atoms with Gasteiger partial charge in [-0.25, -0.2) is 4.79 Å². The summed E-state index contributed by atoms with van der Waals surface area (Å²) in [5.74, 6) is -1.53. The molecule has 7 heteroatoms. The van der Waals surface area contributed by atoms with Gasteiger partial charge in [0.25, 0.3) is 12.5 Å². The van der Waals surface area contributed by atoms with Gasteiger partial charge >= 0.3 is 11.8 Å². The van der Waals surface area contributed by atoms with E-state index >= 15 is 0 Å². The molecule has 2 N–H and O–H groups in total. The summed E-state index contributed by atoms with van der Waals surface area (Å²) in [6, 6.07) is 5.84. The van der Waals surface area contributed by atoms with Gasteiger partial charge in [-0.05, 0) is 29.0 Å². The van der Waals surface area contributed by atoms with Gasteiger partial charge in [-0.1, -0.05) is 0 Å². The van der Waals surface area contributed by atoms with Crippen molar-refractivity contribution >= 4 is 23.4 Å². The second-order valence-electron chi connectivity index (χ2n) is 3.76. The molecule has 0 radical (unpaired) electrons. The van der Waals surface area contributed by atoms with Crippen molar-refractivity contribution in [2.24, 2.45) is 5.11 Å². The summed E-state index contributed by atoms with van der Waals surface area (Å²) >= 11 is 0. The van der Waals surface area contributed by atoms with E-state index < -0.39 is 17.7 Å². The molecular formula is C12H10N3O4+. The maximum atomic E-state index is 11.7. The molecule has 1 heterocycles. The average molecular weight is 260 g/mol. The number of phenolic OH excluding ortho intramolecular Hbond substituents is 1. The standard InChI is InChI=1S/C12H9N3O4/c16-9-3-1-8(2-4-9)13-11(18)7-15-12(19)6-5-10(17)14-15/h1-6H,7H2,(H,14,17)/p+1. The maximum Gasteiger partial charge on any atom is 0.437 e. The highest BCUT2D eigenvalue weighted by molar-refractivity contribution is 5.98. The fraction of sp³-hybridized carbons (Fsp3) is 0.0833. The minimum absolute atomic E-state index is 0.0786. The van der Waals surface area contributed by atoms with Crippen molar-refractivity contribution in [2.45, 2.75) is 0 Å². The third-order valence-corrected chi connectivity index (χ3v) is 2.29. The van der Waals surface area contributed by atoms with Crippen molar-refractivity contribution in [1.82, 2.24) is 0 Å². The lowest BCUT2D eigenvalue weighted by atomic mass is 10.3. The summed E-state index contributed by atoms with van der Waals surface area (Å²) in [7, 11) is 0. The number of phenols is 1. The molecule has 3 amide bonds. The first kappa shape index (κ1) is 12.6. The molecule has 0 bridgehead atoms. The number of azo groups is 2. The molecule has 7 nitrogen and oxygen atoms in total. The third kappa shape index (κ3) is 3.32. The Bertz CT molecular complexity index is 602. The molecule has 19 heavy (non-hydrogen) atoms. The minimum Gasteiger partial charge on any atom is -0.508 e. The number of hydrogen-bond acceptors (Lipinski definition) is 4. The Balaban J connectivity index is 2.00. The number of nitrogens with one attached hydrogen (secondary N) is 1. The lowest BCUT2D eigenvalue weighted by Gasteiger charge is -2.03. The monoisotopic (exact) mass is 260 g/mol. The zero-order valence-electron chi connectivity index (χ0n) is 9.74. The Morgan fingerprint density at radius 2 is 1.89 bits per heavy atom. The number of nitrogens with zero attached hydrogens (tertiary/aromatic N) is 2. The van der Waals surface area contributed by atoms with E-state index in [1.165, 1.54) is 24.3 Å². The quantitative estimate of drug-likeness (QED) is 0.607. The first-order chi connectivity index (χ1) is 9.04. The Morgan fingerprint density at radius 3 is 2.58 bits per heavy atom. The van der Waals surface area contributed by atoms with Gasteiger partial charge in [0.1, 0.15) is 5.75 Å². The largest absolute Gasteiger partial charge is 0.508 e. The summed E-state index contributed by atoms with van der Waals surface area (Å²) in [6.07, 6.45) is 2.10. The fourth-order valence-corrected chi connectivity index (χ4v) is 1.42. The molecule has 0 unspecified atom stereocenters. The molecule has 0 aliphatic carbocycles. The number of carbonyl (C=O) groups excluding carboxylic acids is 3. The highest BCUT2D eigenvalue weighted by atomic mass is 16.3. The van der Waals surface area contributed by atoms with Crippen LogP contribution in [0.15, 0.2) is 41.5 Å². The number of hydrogen-bond donors (Lipinski definition) is 2. The molecule has 0 spiro atoms. The Kier molecular flexibility index (Phi) is 3.46. The molecule has 0 fully saturated rings. The Hall–Kier alpha value is -2.83. The molecule has 0 atom stereocenters. The van der Waals surface area contributed by atoms with Crippen molar-refractivity contribution in [3.63, 3.8) is 0 Å². The van der Waals surface area contributed by atoms with Crippen LogP contribution in [-0.4, -0.2) is 34.1 Å². The number of carbonyl (C=O) groups is 3. The highest BCUT2D eigenvalue weighted by Gasteiger charge is 2.26. The van der Waals surface area contributed by atoms with Crippen LogP contribution in [-0.2, 0) is 14.4 Å². The topological polar surface area (TPSA) is 98.8 Å². The molecule has 1 aliphatic heterocycles. The number of rotatable bonds is 3. The summed E-state index contributed by atoms with van der Waals surface area (Å²) in [4.78, 5) is 34.0. The van der Waals surface area contributed by atoms with Gasteiger partial charge in [0.05, 0.1) is 6.08 Å². The summed E-state index contributed by atoms with van der Waals surface area (Å²) < 4.78 is 0.790. The Labute approximate surface area is 107 Å². The molecule has 1 aliphatic rings. The Morgan fingerprint density at radius 1 is 1.21 bits per heavy atom. The van der Waals surface area contributed by atoms with Gasteiger partial charge in [-0.3, -0.25) is 9.59 Å². The van der Waals surface area contributed by atoms with E-state index in [4.69, 9.17) is 5.11 Å². The first-order valence-electron chi connectivity index (χ1n) is 5.39. The minimum atomic E-state index is -0.586. The van der Waals surface area contributed by atoms with Gasteiger partial charge < -0.3 is 10.4 Å². The van der Waals surface area contributed by atoms with Crippen molar-refractivity contribution in [2.75, 3.05) is 11.9 Å². The number of amides is 3. The van der Waals surface area contributed by atoms with Crippen molar-refractivity contribution in [3.05, 3.63) is 36.4 Å². The summed E-state index contributed by atoms with van der Waals surface area (Å²) in [6.45, 7) is -0.351. The van der Waals surface area contributed by atoms with Gasteiger partial charge in [-0.2, -0.15) is 0 Å². The van der Waals surface area contributed by atoms with Crippen LogP contribution in [0.3, 0.4) is 0 Å². The van der Waals surface area contributed by atoms with Crippen LogP contribution in [0.5, 0.6) is 5.75 Å². The van der Waals surface area contributed by atoms with E-state index in [0.717, 1.165) is 16.8 Å². The maximum absolute atomic E-state index is 11.7. The average Bonchev–Trinajstić information content (AvgIpc) is 2.37. The fourth-order valence-electron chi connectivity index (χ4n) is 1.42. The number of anilines is 1. The second-order valence-corrected chi connectivity index (χ2v) is 3.76. The number of benzene rings is 1. The van der Waals surface area contributed by atoms with Gasteiger partial charge in [0.15, 0.2) is 0 Å². The van der Waals surface area contributed by atoms with Crippen LogP contribution in [0.1, 0.15) is 0 Å². The molecule has 1 aromatic rings. The summed E-state index contributed by atoms with van der Waals surface area (Å²) in [5.41, 5.74) is 0.467. The van der Waals surface area contributed by atoms with E-state index in [0.29, 0.717) is 5.69 Å². The van der Waals surface area contributed by atoms with Gasteiger partial charge in [0, 0.05) is 16.9 Å². The molecule has 1 aromatic carbocycles. The zero-order valence-corrected chi connectivity index (χ0v) is 9.74. The van der Waals surface area contributed by atoms with E-state index in [9.17, 15) is 14.4 Å². The lowest BCUT2D eigenvalue weighted by molar-refractivity contribution is -0.495. The third-order valence-electron chi connectivity index (χ3n) is 2.29. The molecule has 2 rings (SSSR count). The molecular weight excluding hydrogens is 250 g/mol. The van der Waals surface area contributed by atoms with Crippen LogP contribution >= 0.6 is 0 Å². The smallest absolute Gasteiger partial charge is 0.437 e. The van der Waals surface area contributed by atoms with Crippen molar-refractivity contribution in [3.8, 4) is 5.75 Å². The second kappa shape index (κ2) is 5.21. The van der Waals surface area contributed by atoms with Crippen LogP contribution in [0, 0.1) is 0 Å². The molecule has 0 saturated heterocycles. The lowest BCUT2D eigenvalue weighted by Crippen LogP contribution is -2.31. The number of aromatic hydroxyl groups is 1. The van der Waals surface area contributed by atoms with Gasteiger partial charge in [0.2, 0.25) is 0 Å². The first-order valence-corrected chi connectivity index (χ1v) is 5.39. The van der Waals surface area contributed by atoms with Crippen LogP contribution < -0.4 is 5.32 Å². The highest BCUT2D eigenvalue weighted by Crippen LogP contribution is 2.13. The van der Waals surface area contributed by atoms with E-state index in [2.05, 4.69) is 10.4 Å². The van der Waals surface area contributed by atoms with Crippen LogP contribution in [0.2, 0.25) is 0 Å². The molecule has 0 saturated carbocycles. The predicted molar refractivity (Wildman–Crippen MR) is 63.4 cm³/mol. The summed E-state index contributed by atoms with van der Waals surface area (Å²) in [5, 5.41) is 15.0. The van der Waals surface area contributed by atoms with Crippen LogP contribution in [0.4, 0.5) is 5.69 Å². The van der Waals surface area contributed by atoms with E-state index in [-0.39, 0.29) is 12.3 Å². The van der Waals surface area contributed by atoms with Crippen LogP contribution in [0.25, 0.3) is 0 Å². The van der Waals surface area contributed by atoms with Crippen molar-refractivity contribution < 1.29 is 24.2 Å².